The van der Waals surface area contributed by atoms with Crippen LogP contribution in [0, 0.1) is 17.3 Å². The topological polar surface area (TPSA) is 72.8 Å². The third kappa shape index (κ3) is 2.96. The molecule has 4 atom stereocenters. The Morgan fingerprint density at radius 1 is 1.30 bits per heavy atom. The predicted octanol–water partition coefficient (Wildman–Crippen LogP) is 3.58. The highest BCUT2D eigenvalue weighted by atomic mass is 16.6. The molecule has 1 heterocycles. The van der Waals surface area contributed by atoms with E-state index in [0.717, 1.165) is 36.8 Å². The lowest BCUT2D eigenvalue weighted by Crippen LogP contribution is -2.49. The van der Waals surface area contributed by atoms with Gasteiger partial charge < -0.3 is 14.6 Å². The van der Waals surface area contributed by atoms with Crippen molar-refractivity contribution in [2.75, 3.05) is 0 Å². The van der Waals surface area contributed by atoms with Crippen LogP contribution < -0.4 is 0 Å². The second-order valence-corrected chi connectivity index (χ2v) is 8.73. The number of aliphatic hydroxyl groups excluding tert-OH is 1. The first-order valence-corrected chi connectivity index (χ1v) is 10.1. The monoisotopic (exact) mass is 372 g/mol. The van der Waals surface area contributed by atoms with Gasteiger partial charge in [0.1, 0.15) is 18.0 Å². The van der Waals surface area contributed by atoms with Crippen LogP contribution in [0.4, 0.5) is 0 Å². The van der Waals surface area contributed by atoms with Crippen molar-refractivity contribution in [2.24, 2.45) is 17.3 Å². The number of allylic oxidation sites excluding steroid dienone is 3. The summed E-state index contributed by atoms with van der Waals surface area (Å²) in [6, 6.07) is 0. The van der Waals surface area contributed by atoms with Crippen LogP contribution in [0.2, 0.25) is 0 Å². The van der Waals surface area contributed by atoms with Crippen molar-refractivity contribution in [3.63, 3.8) is 0 Å². The molecule has 3 aliphatic carbocycles. The van der Waals surface area contributed by atoms with Crippen molar-refractivity contribution in [3.05, 3.63) is 34.6 Å². The van der Waals surface area contributed by atoms with E-state index in [1.165, 1.54) is 6.42 Å². The number of hydrogen-bond acceptors (Lipinski definition) is 5. The Kier molecular flexibility index (Phi) is 4.53. The maximum atomic E-state index is 12.7. The van der Waals surface area contributed by atoms with Gasteiger partial charge in [-0.3, -0.25) is 4.79 Å². The molecule has 5 heteroatoms. The van der Waals surface area contributed by atoms with Crippen molar-refractivity contribution in [3.8, 4) is 0 Å². The Morgan fingerprint density at radius 3 is 2.70 bits per heavy atom. The first-order valence-electron chi connectivity index (χ1n) is 10.1. The number of ether oxygens (including phenoxy) is 2. The molecule has 27 heavy (non-hydrogen) atoms. The van der Waals surface area contributed by atoms with Crippen molar-refractivity contribution in [1.82, 2.24) is 0 Å². The zero-order valence-corrected chi connectivity index (χ0v) is 16.3. The van der Waals surface area contributed by atoms with Crippen LogP contribution >= 0.6 is 0 Å². The largest absolute Gasteiger partial charge is 0.459 e. The van der Waals surface area contributed by atoms with Gasteiger partial charge in [0, 0.05) is 22.5 Å². The van der Waals surface area contributed by atoms with Crippen molar-refractivity contribution >= 4 is 11.9 Å². The van der Waals surface area contributed by atoms with Gasteiger partial charge >= 0.3 is 11.9 Å². The number of aliphatic hydroxyl groups is 1. The molecule has 0 aromatic rings. The van der Waals surface area contributed by atoms with Crippen molar-refractivity contribution < 1.29 is 24.2 Å². The van der Waals surface area contributed by atoms with Gasteiger partial charge in [0.2, 0.25) is 0 Å². The van der Waals surface area contributed by atoms with Crippen LogP contribution in [0.15, 0.2) is 34.6 Å². The Labute approximate surface area is 160 Å². The van der Waals surface area contributed by atoms with Gasteiger partial charge in [0.15, 0.2) is 0 Å². The van der Waals surface area contributed by atoms with Crippen LogP contribution in [0.3, 0.4) is 0 Å². The molecular weight excluding hydrogens is 344 g/mol. The second-order valence-electron chi connectivity index (χ2n) is 8.73. The molecule has 0 saturated heterocycles. The van der Waals surface area contributed by atoms with Crippen molar-refractivity contribution in [1.29, 1.82) is 0 Å². The third-order valence-corrected chi connectivity index (χ3v) is 7.12. The standard InChI is InChI=1S/C22H28O5/c1-12-16-11-22(3)13(2)19(27-21(25)14-7-5-4-6-8-14)17(23)9-15(22)10-18(16)26-20(12)24/h9-10,13-14,17,19,23H,4-8,11H2,1-3H3/t13-,17-,19+,22+/m0/s1. The molecule has 0 bridgehead atoms. The number of rotatable bonds is 2. The molecule has 1 saturated carbocycles. The lowest BCUT2D eigenvalue weighted by atomic mass is 9.60. The molecule has 4 rings (SSSR count). The Hall–Kier alpha value is -1.88. The van der Waals surface area contributed by atoms with E-state index in [2.05, 4.69) is 6.92 Å². The normalized spacial score (nSPS) is 36.4. The number of carbonyl (C=O) groups excluding carboxylic acids is 2. The zero-order chi connectivity index (χ0) is 19.3. The molecule has 0 amide bonds. The molecule has 146 valence electrons. The van der Waals surface area contributed by atoms with E-state index in [-0.39, 0.29) is 29.2 Å². The average Bonchev–Trinajstić information content (AvgIpc) is 2.92. The second kappa shape index (κ2) is 6.62. The smallest absolute Gasteiger partial charge is 0.339 e. The minimum absolute atomic E-state index is 0.0417. The van der Waals surface area contributed by atoms with Crippen LogP contribution in [0.25, 0.3) is 0 Å². The quantitative estimate of drug-likeness (QED) is 0.750. The van der Waals surface area contributed by atoms with E-state index in [0.29, 0.717) is 17.8 Å². The summed E-state index contributed by atoms with van der Waals surface area (Å²) in [6.45, 7) is 5.94. The number of hydrogen-bond donors (Lipinski definition) is 1. The summed E-state index contributed by atoms with van der Waals surface area (Å²) in [7, 11) is 0. The van der Waals surface area contributed by atoms with Crippen LogP contribution in [0.1, 0.15) is 59.3 Å². The fourth-order valence-corrected chi connectivity index (χ4v) is 5.00. The molecule has 0 spiro atoms. The number of esters is 2. The van der Waals surface area contributed by atoms with Crippen LogP contribution in [-0.4, -0.2) is 29.3 Å². The molecule has 4 aliphatic rings. The molecule has 0 aromatic heterocycles. The summed E-state index contributed by atoms with van der Waals surface area (Å²) in [6.07, 6.45) is 7.94. The van der Waals surface area contributed by atoms with E-state index in [1.807, 2.05) is 13.0 Å². The summed E-state index contributed by atoms with van der Waals surface area (Å²) >= 11 is 0. The highest BCUT2D eigenvalue weighted by Crippen LogP contribution is 2.54. The summed E-state index contributed by atoms with van der Waals surface area (Å²) in [4.78, 5) is 24.6. The minimum Gasteiger partial charge on any atom is -0.459 e. The van der Waals surface area contributed by atoms with Gasteiger partial charge in [-0.1, -0.05) is 33.1 Å². The fraction of sp³-hybridized carbons (Fsp3) is 0.636. The molecule has 1 fully saturated rings. The van der Waals surface area contributed by atoms with Gasteiger partial charge in [0.25, 0.3) is 0 Å². The first-order chi connectivity index (χ1) is 12.8. The Balaban J connectivity index is 1.60. The average molecular weight is 372 g/mol. The summed E-state index contributed by atoms with van der Waals surface area (Å²) < 4.78 is 11.2. The number of carbonyl (C=O) groups is 2. The summed E-state index contributed by atoms with van der Waals surface area (Å²) in [5, 5.41) is 10.7. The van der Waals surface area contributed by atoms with Crippen LogP contribution in [-0.2, 0) is 19.1 Å². The maximum absolute atomic E-state index is 12.7. The van der Waals surface area contributed by atoms with E-state index in [1.54, 1.807) is 13.0 Å². The van der Waals surface area contributed by atoms with Gasteiger partial charge in [-0.15, -0.1) is 0 Å². The molecule has 0 aromatic carbocycles. The number of fused-ring (bicyclic) bond motifs is 2. The minimum atomic E-state index is -0.851. The molecule has 1 aliphatic heterocycles. The van der Waals surface area contributed by atoms with Gasteiger partial charge in [-0.25, -0.2) is 4.79 Å². The summed E-state index contributed by atoms with van der Waals surface area (Å²) in [5.74, 6) is 0.00699. The first kappa shape index (κ1) is 18.5. The predicted molar refractivity (Wildman–Crippen MR) is 99.3 cm³/mol. The lowest BCUT2D eigenvalue weighted by molar-refractivity contribution is -0.167. The van der Waals surface area contributed by atoms with Gasteiger partial charge in [-0.05, 0) is 43.9 Å². The van der Waals surface area contributed by atoms with E-state index >= 15 is 0 Å². The van der Waals surface area contributed by atoms with Gasteiger partial charge in [0.05, 0.1) is 5.92 Å². The highest BCUT2D eigenvalue weighted by molar-refractivity contribution is 5.94. The summed E-state index contributed by atoms with van der Waals surface area (Å²) in [5.41, 5.74) is 2.22. The van der Waals surface area contributed by atoms with E-state index < -0.39 is 12.2 Å². The fourth-order valence-electron chi connectivity index (χ4n) is 5.00. The third-order valence-electron chi connectivity index (χ3n) is 7.12. The molecule has 0 radical (unpaired) electrons. The van der Waals surface area contributed by atoms with Gasteiger partial charge in [-0.2, -0.15) is 0 Å². The van der Waals surface area contributed by atoms with E-state index in [9.17, 15) is 14.7 Å². The molecular formula is C22H28O5. The Morgan fingerprint density at radius 2 is 2.00 bits per heavy atom. The van der Waals surface area contributed by atoms with E-state index in [4.69, 9.17) is 9.47 Å². The zero-order valence-electron chi connectivity index (χ0n) is 16.3. The Bertz CT molecular complexity index is 768. The molecule has 1 N–H and O–H groups in total. The molecule has 0 unspecified atom stereocenters. The lowest BCUT2D eigenvalue weighted by Gasteiger charge is -2.47. The molecule has 5 nitrogen and oxygen atoms in total. The maximum Gasteiger partial charge on any atom is 0.339 e. The SMILES string of the molecule is CC1=C2C[C@@]3(C)C(=C[C@H](O)[C@H](OC(=O)C4CCCCC4)[C@@H]3C)C=C2OC1=O. The van der Waals surface area contributed by atoms with Crippen LogP contribution in [0.5, 0.6) is 0 Å². The highest BCUT2D eigenvalue weighted by Gasteiger charge is 2.50. The van der Waals surface area contributed by atoms with Crippen molar-refractivity contribution in [2.45, 2.75) is 71.5 Å².